The van der Waals surface area contributed by atoms with Crippen molar-refractivity contribution in [3.05, 3.63) is 29.8 Å². The molecule has 0 radical (unpaired) electrons. The normalized spacial score (nSPS) is 20.1. The Morgan fingerprint density at radius 3 is 2.17 bits per heavy atom. The molecule has 0 aromatic heterocycles. The van der Waals surface area contributed by atoms with Gasteiger partial charge in [-0.05, 0) is 24.6 Å². The third-order valence-corrected chi connectivity index (χ3v) is 3.20. The van der Waals surface area contributed by atoms with Gasteiger partial charge in [0.25, 0.3) is 0 Å². The highest BCUT2D eigenvalue weighted by atomic mass is 19.4. The number of nitrogens with two attached hydrogens (primary N) is 1. The monoisotopic (exact) mass is 261 g/mol. The first-order chi connectivity index (χ1) is 8.29. The Labute approximate surface area is 103 Å². The van der Waals surface area contributed by atoms with Gasteiger partial charge in [-0.25, -0.2) is 0 Å². The zero-order valence-corrected chi connectivity index (χ0v) is 9.83. The lowest BCUT2D eigenvalue weighted by Crippen LogP contribution is -2.50. The molecule has 1 fully saturated rings. The number of ether oxygens (including phenoxy) is 2. The first-order valence-corrected chi connectivity index (χ1v) is 5.52. The van der Waals surface area contributed by atoms with E-state index in [0.717, 1.165) is 5.56 Å². The lowest BCUT2D eigenvalue weighted by Gasteiger charge is -2.40. The number of halogens is 3. The van der Waals surface area contributed by atoms with Gasteiger partial charge in [-0.3, -0.25) is 0 Å². The van der Waals surface area contributed by atoms with E-state index in [1.807, 2.05) is 6.92 Å². The highest BCUT2D eigenvalue weighted by Gasteiger charge is 2.37. The SMILES string of the molecule is CC(N)(c1ccc(OC(F)(F)F)cc1)C1COC1. The van der Waals surface area contributed by atoms with Crippen LogP contribution in [0.4, 0.5) is 13.2 Å². The minimum absolute atomic E-state index is 0.187. The van der Waals surface area contributed by atoms with Gasteiger partial charge in [-0.2, -0.15) is 0 Å². The van der Waals surface area contributed by atoms with Crippen molar-refractivity contribution in [2.45, 2.75) is 18.8 Å². The lowest BCUT2D eigenvalue weighted by atomic mass is 9.79. The largest absolute Gasteiger partial charge is 0.573 e. The number of hydrogen-bond donors (Lipinski definition) is 1. The second-order valence-electron chi connectivity index (χ2n) is 4.59. The summed E-state index contributed by atoms with van der Waals surface area (Å²) in [6, 6.07) is 5.65. The Bertz CT molecular complexity index is 410. The van der Waals surface area contributed by atoms with Crippen LogP contribution in [-0.2, 0) is 10.3 Å². The molecule has 0 spiro atoms. The Balaban J connectivity index is 2.12. The summed E-state index contributed by atoms with van der Waals surface area (Å²) in [4.78, 5) is 0. The van der Waals surface area contributed by atoms with E-state index < -0.39 is 11.9 Å². The molecule has 1 heterocycles. The van der Waals surface area contributed by atoms with Crippen molar-refractivity contribution in [1.29, 1.82) is 0 Å². The summed E-state index contributed by atoms with van der Waals surface area (Å²) in [6.45, 7) is 3.00. The first-order valence-electron chi connectivity index (χ1n) is 5.52. The van der Waals surface area contributed by atoms with Gasteiger partial charge in [-0.15, -0.1) is 13.2 Å². The van der Waals surface area contributed by atoms with Crippen LogP contribution in [0.2, 0.25) is 0 Å². The van der Waals surface area contributed by atoms with Crippen LogP contribution in [0.1, 0.15) is 12.5 Å². The van der Waals surface area contributed by atoms with Crippen molar-refractivity contribution < 1.29 is 22.6 Å². The van der Waals surface area contributed by atoms with E-state index in [0.29, 0.717) is 13.2 Å². The molecule has 1 unspecified atom stereocenters. The molecule has 100 valence electrons. The highest BCUT2D eigenvalue weighted by molar-refractivity contribution is 5.32. The van der Waals surface area contributed by atoms with Gasteiger partial charge in [0.15, 0.2) is 0 Å². The standard InChI is InChI=1S/C12H14F3NO2/c1-11(16,9-6-17-7-9)8-2-4-10(5-3-8)18-12(13,14)15/h2-5,9H,6-7,16H2,1H3. The van der Waals surface area contributed by atoms with E-state index in [2.05, 4.69) is 4.74 Å². The van der Waals surface area contributed by atoms with Crippen molar-refractivity contribution in [2.75, 3.05) is 13.2 Å². The molecule has 6 heteroatoms. The van der Waals surface area contributed by atoms with Gasteiger partial charge in [0.2, 0.25) is 0 Å². The first kappa shape index (κ1) is 13.2. The van der Waals surface area contributed by atoms with E-state index in [1.54, 1.807) is 12.1 Å². The molecule has 0 amide bonds. The highest BCUT2D eigenvalue weighted by Crippen LogP contribution is 2.33. The van der Waals surface area contributed by atoms with Gasteiger partial charge in [-0.1, -0.05) is 12.1 Å². The maximum absolute atomic E-state index is 12.0. The van der Waals surface area contributed by atoms with E-state index in [1.165, 1.54) is 12.1 Å². The summed E-state index contributed by atoms with van der Waals surface area (Å²) in [5.41, 5.74) is 6.34. The molecule has 0 bridgehead atoms. The van der Waals surface area contributed by atoms with Gasteiger partial charge in [0.05, 0.1) is 13.2 Å². The van der Waals surface area contributed by atoms with Crippen LogP contribution in [0.3, 0.4) is 0 Å². The van der Waals surface area contributed by atoms with Crippen LogP contribution in [0, 0.1) is 5.92 Å². The smallest absolute Gasteiger partial charge is 0.406 e. The van der Waals surface area contributed by atoms with Crippen LogP contribution in [-0.4, -0.2) is 19.6 Å². The van der Waals surface area contributed by atoms with Crippen molar-refractivity contribution in [2.24, 2.45) is 11.7 Å². The third-order valence-electron chi connectivity index (χ3n) is 3.20. The minimum atomic E-state index is -4.67. The van der Waals surface area contributed by atoms with Crippen molar-refractivity contribution in [3.63, 3.8) is 0 Å². The molecule has 1 aromatic carbocycles. The molecule has 1 aliphatic rings. The summed E-state index contributed by atoms with van der Waals surface area (Å²) in [5, 5.41) is 0. The molecule has 1 saturated heterocycles. The molecule has 18 heavy (non-hydrogen) atoms. The van der Waals surface area contributed by atoms with Crippen LogP contribution in [0.15, 0.2) is 24.3 Å². The Morgan fingerprint density at radius 1 is 1.22 bits per heavy atom. The third kappa shape index (κ3) is 2.76. The molecule has 1 atom stereocenters. The minimum Gasteiger partial charge on any atom is -0.406 e. The molecule has 3 nitrogen and oxygen atoms in total. The number of benzene rings is 1. The lowest BCUT2D eigenvalue weighted by molar-refractivity contribution is -0.274. The fraction of sp³-hybridized carbons (Fsp3) is 0.500. The Kier molecular flexibility index (Phi) is 3.25. The van der Waals surface area contributed by atoms with Crippen molar-refractivity contribution >= 4 is 0 Å². The number of rotatable bonds is 3. The van der Waals surface area contributed by atoms with Crippen LogP contribution < -0.4 is 10.5 Å². The predicted molar refractivity (Wildman–Crippen MR) is 59.0 cm³/mol. The maximum atomic E-state index is 12.0. The molecule has 0 aliphatic carbocycles. The average molecular weight is 261 g/mol. The summed E-state index contributed by atoms with van der Waals surface area (Å²) < 4.78 is 44.9. The summed E-state index contributed by atoms with van der Waals surface area (Å²) in [7, 11) is 0. The molecular weight excluding hydrogens is 247 g/mol. The molecule has 1 aliphatic heterocycles. The van der Waals surface area contributed by atoms with E-state index in [-0.39, 0.29) is 11.7 Å². The van der Waals surface area contributed by atoms with E-state index >= 15 is 0 Å². The topological polar surface area (TPSA) is 44.5 Å². The van der Waals surface area contributed by atoms with Crippen molar-refractivity contribution in [1.82, 2.24) is 0 Å². The summed E-state index contributed by atoms with van der Waals surface area (Å²) in [5.74, 6) is -0.0567. The fourth-order valence-corrected chi connectivity index (χ4v) is 1.83. The molecular formula is C12H14F3NO2. The molecule has 0 saturated carbocycles. The van der Waals surface area contributed by atoms with Gasteiger partial charge < -0.3 is 15.2 Å². The van der Waals surface area contributed by atoms with Crippen LogP contribution in [0.25, 0.3) is 0 Å². The second kappa shape index (κ2) is 4.44. The molecule has 2 N–H and O–H groups in total. The average Bonchev–Trinajstić information content (AvgIpc) is 2.12. The Hall–Kier alpha value is -1.27. The molecule has 1 aromatic rings. The van der Waals surface area contributed by atoms with E-state index in [4.69, 9.17) is 10.5 Å². The summed E-state index contributed by atoms with van der Waals surface area (Å²) in [6.07, 6.45) is -4.67. The maximum Gasteiger partial charge on any atom is 0.573 e. The van der Waals surface area contributed by atoms with E-state index in [9.17, 15) is 13.2 Å². The number of alkyl halides is 3. The zero-order valence-electron chi connectivity index (χ0n) is 9.83. The quantitative estimate of drug-likeness (QED) is 0.908. The zero-order chi connectivity index (χ0) is 13.4. The van der Waals surface area contributed by atoms with Crippen LogP contribution >= 0.6 is 0 Å². The predicted octanol–water partition coefficient (Wildman–Crippen LogP) is 2.41. The molecule has 2 rings (SSSR count). The number of hydrogen-bond acceptors (Lipinski definition) is 3. The van der Waals surface area contributed by atoms with Crippen molar-refractivity contribution in [3.8, 4) is 5.75 Å². The van der Waals surface area contributed by atoms with Gasteiger partial charge in [0.1, 0.15) is 5.75 Å². The van der Waals surface area contributed by atoms with Gasteiger partial charge >= 0.3 is 6.36 Å². The van der Waals surface area contributed by atoms with Crippen LogP contribution in [0.5, 0.6) is 5.75 Å². The fourth-order valence-electron chi connectivity index (χ4n) is 1.83. The summed E-state index contributed by atoms with van der Waals surface area (Å²) >= 11 is 0. The Morgan fingerprint density at radius 2 is 1.78 bits per heavy atom. The second-order valence-corrected chi connectivity index (χ2v) is 4.59. The van der Waals surface area contributed by atoms with Gasteiger partial charge in [0, 0.05) is 11.5 Å².